The molecule has 1 aliphatic rings. The van der Waals surface area contributed by atoms with E-state index in [-0.39, 0.29) is 18.0 Å². The number of carbonyl (C=O) groups is 1. The Labute approximate surface area is 119 Å². The van der Waals surface area contributed by atoms with Crippen LogP contribution >= 0.6 is 11.3 Å². The first kappa shape index (κ1) is 12.9. The van der Waals surface area contributed by atoms with Gasteiger partial charge in [0.15, 0.2) is 0 Å². The van der Waals surface area contributed by atoms with Crippen molar-refractivity contribution in [3.63, 3.8) is 0 Å². The highest BCUT2D eigenvalue weighted by atomic mass is 32.2. The van der Waals surface area contributed by atoms with E-state index in [0.717, 1.165) is 15.4 Å². The van der Waals surface area contributed by atoms with Gasteiger partial charge in [-0.2, -0.15) is 19.8 Å². The highest BCUT2D eigenvalue weighted by molar-refractivity contribution is 7.92. The Balaban J connectivity index is 2.02. The molecule has 104 valence electrons. The van der Waals surface area contributed by atoms with Crippen molar-refractivity contribution in [1.82, 2.24) is 4.72 Å². The number of hydrogen-bond acceptors (Lipinski definition) is 5. The molecule has 1 aliphatic heterocycles. The highest BCUT2D eigenvalue weighted by Crippen LogP contribution is 2.34. The highest BCUT2D eigenvalue weighted by Gasteiger charge is 2.35. The summed E-state index contributed by atoms with van der Waals surface area (Å²) >= 11 is 1.53. The summed E-state index contributed by atoms with van der Waals surface area (Å²) in [6.45, 7) is -0.326. The van der Waals surface area contributed by atoms with E-state index in [0.29, 0.717) is 0 Å². The lowest BCUT2D eigenvalue weighted by atomic mass is 10.1. The van der Waals surface area contributed by atoms with Gasteiger partial charge in [0.1, 0.15) is 12.3 Å². The number of nitrogens with zero attached hydrogens (tertiary/aromatic N) is 1. The van der Waals surface area contributed by atoms with Gasteiger partial charge in [-0.05, 0) is 40.1 Å². The second-order valence-electron chi connectivity index (χ2n) is 4.25. The third-order valence-corrected chi connectivity index (χ3v) is 4.99. The minimum absolute atomic E-state index is 0.0855. The summed E-state index contributed by atoms with van der Waals surface area (Å²) in [6, 6.07) is 6.57. The molecule has 6 nitrogen and oxygen atoms in total. The lowest BCUT2D eigenvalue weighted by Gasteiger charge is -2.16. The third kappa shape index (κ3) is 2.12. The molecular formula is C12H10N2O4S2. The monoisotopic (exact) mass is 310 g/mol. The van der Waals surface area contributed by atoms with E-state index < -0.39 is 16.1 Å². The van der Waals surface area contributed by atoms with Crippen molar-refractivity contribution in [2.75, 3.05) is 10.8 Å². The molecule has 0 radical (unpaired) electrons. The second kappa shape index (κ2) is 4.50. The summed E-state index contributed by atoms with van der Waals surface area (Å²) in [5.74, 6) is -0.805. The number of hydrogen-bond donors (Lipinski definition) is 2. The fraction of sp³-hybridized carbons (Fsp3) is 0.0833. The molecule has 0 aliphatic carbocycles. The molecule has 2 heterocycles. The number of thiophene rings is 1. The summed E-state index contributed by atoms with van der Waals surface area (Å²) in [5, 5.41) is 13.9. The molecule has 0 bridgehead atoms. The van der Waals surface area contributed by atoms with Crippen molar-refractivity contribution in [2.45, 2.75) is 0 Å². The Morgan fingerprint density at radius 3 is 2.60 bits per heavy atom. The van der Waals surface area contributed by atoms with Gasteiger partial charge >= 0.3 is 10.2 Å². The predicted octanol–water partition coefficient (Wildman–Crippen LogP) is 1.30. The van der Waals surface area contributed by atoms with Crippen LogP contribution in [0.15, 0.2) is 35.0 Å². The Hall–Kier alpha value is -2.06. The zero-order chi connectivity index (χ0) is 14.3. The van der Waals surface area contributed by atoms with Gasteiger partial charge in [0, 0.05) is 0 Å². The van der Waals surface area contributed by atoms with E-state index in [2.05, 4.69) is 0 Å². The normalized spacial score (nSPS) is 17.2. The van der Waals surface area contributed by atoms with Crippen LogP contribution < -0.4 is 9.03 Å². The Morgan fingerprint density at radius 1 is 1.25 bits per heavy atom. The molecule has 1 fully saturated rings. The van der Waals surface area contributed by atoms with Crippen LogP contribution in [0.4, 0.5) is 5.69 Å². The van der Waals surface area contributed by atoms with Gasteiger partial charge in [0.05, 0.1) is 5.69 Å². The first-order valence-corrected chi connectivity index (χ1v) is 8.04. The van der Waals surface area contributed by atoms with E-state index in [1.165, 1.54) is 23.5 Å². The molecule has 8 heteroatoms. The van der Waals surface area contributed by atoms with Crippen LogP contribution in [-0.2, 0) is 15.0 Å². The Morgan fingerprint density at radius 2 is 2.05 bits per heavy atom. The van der Waals surface area contributed by atoms with Gasteiger partial charge in [0.25, 0.3) is 5.91 Å². The topological polar surface area (TPSA) is 86.7 Å². The first-order valence-electron chi connectivity index (χ1n) is 5.66. The number of carbonyl (C=O) groups excluding carboxylic acids is 1. The molecule has 1 saturated heterocycles. The number of phenolic OH excluding ortho intramolecular Hbond substituents is 1. The van der Waals surface area contributed by atoms with Crippen molar-refractivity contribution < 1.29 is 18.3 Å². The third-order valence-electron chi connectivity index (χ3n) is 2.92. The predicted molar refractivity (Wildman–Crippen MR) is 75.8 cm³/mol. The van der Waals surface area contributed by atoms with E-state index in [1.807, 2.05) is 21.5 Å². The molecule has 1 aromatic heterocycles. The van der Waals surface area contributed by atoms with E-state index in [4.69, 9.17) is 0 Å². The van der Waals surface area contributed by atoms with Crippen LogP contribution in [0.2, 0.25) is 0 Å². The minimum atomic E-state index is -3.90. The average Bonchev–Trinajstić information content (AvgIpc) is 2.97. The van der Waals surface area contributed by atoms with Crippen LogP contribution in [0.25, 0.3) is 11.1 Å². The molecule has 2 aromatic rings. The van der Waals surface area contributed by atoms with Gasteiger partial charge in [-0.3, -0.25) is 4.79 Å². The number of benzene rings is 1. The van der Waals surface area contributed by atoms with Crippen LogP contribution in [0.3, 0.4) is 0 Å². The molecule has 3 rings (SSSR count). The number of anilines is 1. The minimum Gasteiger partial charge on any atom is -0.506 e. The maximum absolute atomic E-state index is 11.7. The molecular weight excluding hydrogens is 300 g/mol. The van der Waals surface area contributed by atoms with Crippen molar-refractivity contribution in [3.05, 3.63) is 35.0 Å². The zero-order valence-electron chi connectivity index (χ0n) is 10.1. The van der Waals surface area contributed by atoms with E-state index >= 15 is 0 Å². The quantitative estimate of drug-likeness (QED) is 0.875. The van der Waals surface area contributed by atoms with E-state index in [9.17, 15) is 18.3 Å². The fourth-order valence-electron chi connectivity index (χ4n) is 2.00. The largest absolute Gasteiger partial charge is 0.506 e. The number of amides is 1. The summed E-state index contributed by atoms with van der Waals surface area (Å²) in [6.07, 6.45) is 0. The molecule has 0 atom stereocenters. The maximum atomic E-state index is 11.7. The summed E-state index contributed by atoms with van der Waals surface area (Å²) in [5.41, 5.74) is 1.81. The van der Waals surface area contributed by atoms with Crippen LogP contribution in [0.5, 0.6) is 5.75 Å². The standard InChI is InChI=1S/C12H10N2O4S2/c15-11-5-8(9-3-4-19-7-9)1-2-10(11)14-6-12(16)13-20(14,17)18/h1-5,7,15H,6H2,(H,13,16). The van der Waals surface area contributed by atoms with Gasteiger partial charge in [-0.15, -0.1) is 0 Å². The van der Waals surface area contributed by atoms with Gasteiger partial charge in [-0.1, -0.05) is 6.07 Å². The lowest BCUT2D eigenvalue weighted by Crippen LogP contribution is -2.29. The van der Waals surface area contributed by atoms with Gasteiger partial charge in [0.2, 0.25) is 0 Å². The molecule has 1 aromatic carbocycles. The van der Waals surface area contributed by atoms with Crippen molar-refractivity contribution >= 4 is 33.1 Å². The summed E-state index contributed by atoms with van der Waals surface area (Å²) in [4.78, 5) is 11.2. The van der Waals surface area contributed by atoms with E-state index in [1.54, 1.807) is 6.07 Å². The van der Waals surface area contributed by atoms with Crippen molar-refractivity contribution in [1.29, 1.82) is 0 Å². The SMILES string of the molecule is O=C1CN(c2ccc(-c3ccsc3)cc2O)S(=O)(=O)N1. The van der Waals surface area contributed by atoms with Crippen molar-refractivity contribution in [2.24, 2.45) is 0 Å². The molecule has 20 heavy (non-hydrogen) atoms. The molecule has 1 amide bonds. The van der Waals surface area contributed by atoms with Gasteiger partial charge in [-0.25, -0.2) is 9.03 Å². The average molecular weight is 310 g/mol. The fourth-order valence-corrected chi connectivity index (χ4v) is 3.83. The Bertz CT molecular complexity index is 769. The molecule has 0 saturated carbocycles. The summed E-state index contributed by atoms with van der Waals surface area (Å²) < 4.78 is 26.2. The lowest BCUT2D eigenvalue weighted by molar-refractivity contribution is -0.117. The van der Waals surface area contributed by atoms with Crippen LogP contribution in [0, 0.1) is 0 Å². The van der Waals surface area contributed by atoms with Crippen LogP contribution in [-0.4, -0.2) is 26.0 Å². The summed E-state index contributed by atoms with van der Waals surface area (Å²) in [7, 11) is -3.90. The second-order valence-corrected chi connectivity index (χ2v) is 6.63. The zero-order valence-corrected chi connectivity index (χ0v) is 11.7. The number of rotatable bonds is 2. The van der Waals surface area contributed by atoms with Gasteiger partial charge < -0.3 is 5.11 Å². The Kier molecular flexibility index (Phi) is 2.91. The van der Waals surface area contributed by atoms with Crippen LogP contribution in [0.1, 0.15) is 0 Å². The number of phenols is 1. The molecule has 0 unspecified atom stereocenters. The molecule has 0 spiro atoms. The number of aromatic hydroxyl groups is 1. The molecule has 2 N–H and O–H groups in total. The van der Waals surface area contributed by atoms with Crippen molar-refractivity contribution in [3.8, 4) is 16.9 Å². The maximum Gasteiger partial charge on any atom is 0.326 e. The number of nitrogens with one attached hydrogen (secondary N) is 1. The first-order chi connectivity index (χ1) is 9.47. The smallest absolute Gasteiger partial charge is 0.326 e.